The summed E-state index contributed by atoms with van der Waals surface area (Å²) in [6.45, 7) is 6.49. The minimum absolute atomic E-state index is 0.0583. The number of carbonyl (C=O) groups excluding carboxylic acids is 2. The highest BCUT2D eigenvalue weighted by Gasteiger charge is 2.23. The molecule has 1 aromatic carbocycles. The molecule has 0 radical (unpaired) electrons. The maximum atomic E-state index is 12.2. The SMILES string of the molecule is CC(C)(C)c1ccc(C[C@H](NC(=O)CC2CCCC2)C(N)=O)cc1. The average Bonchev–Trinajstić information content (AvgIpc) is 2.99. The molecule has 0 saturated heterocycles. The van der Waals surface area contributed by atoms with E-state index in [0.717, 1.165) is 18.4 Å². The third kappa shape index (κ3) is 5.36. The summed E-state index contributed by atoms with van der Waals surface area (Å²) in [5.41, 5.74) is 7.83. The fraction of sp³-hybridized carbons (Fsp3) is 0.600. The Hall–Kier alpha value is -1.84. The molecule has 2 amide bonds. The van der Waals surface area contributed by atoms with Crippen molar-refractivity contribution < 1.29 is 9.59 Å². The third-order valence-corrected chi connectivity index (χ3v) is 4.89. The minimum Gasteiger partial charge on any atom is -0.368 e. The Morgan fingerprint density at radius 2 is 1.75 bits per heavy atom. The molecule has 1 aromatic rings. The fourth-order valence-corrected chi connectivity index (χ4v) is 3.33. The first-order valence-corrected chi connectivity index (χ1v) is 8.94. The van der Waals surface area contributed by atoms with Gasteiger partial charge in [0, 0.05) is 12.8 Å². The van der Waals surface area contributed by atoms with Crippen molar-refractivity contribution in [3.05, 3.63) is 35.4 Å². The summed E-state index contributed by atoms with van der Waals surface area (Å²) < 4.78 is 0. The van der Waals surface area contributed by atoms with Crippen LogP contribution in [0.3, 0.4) is 0 Å². The van der Waals surface area contributed by atoms with Gasteiger partial charge < -0.3 is 11.1 Å². The molecule has 132 valence electrons. The van der Waals surface area contributed by atoms with E-state index in [-0.39, 0.29) is 11.3 Å². The summed E-state index contributed by atoms with van der Waals surface area (Å²) in [6.07, 6.45) is 5.59. The van der Waals surface area contributed by atoms with Gasteiger partial charge in [-0.1, -0.05) is 57.9 Å². The van der Waals surface area contributed by atoms with E-state index in [9.17, 15) is 9.59 Å². The third-order valence-electron chi connectivity index (χ3n) is 4.89. The van der Waals surface area contributed by atoms with E-state index in [4.69, 9.17) is 5.73 Å². The zero-order valence-electron chi connectivity index (χ0n) is 15.1. The first-order chi connectivity index (χ1) is 11.3. The van der Waals surface area contributed by atoms with Crippen molar-refractivity contribution in [2.45, 2.75) is 70.8 Å². The summed E-state index contributed by atoms with van der Waals surface area (Å²) in [4.78, 5) is 23.9. The molecule has 24 heavy (non-hydrogen) atoms. The van der Waals surface area contributed by atoms with Crippen LogP contribution in [0.5, 0.6) is 0 Å². The Labute approximate surface area is 145 Å². The predicted molar refractivity (Wildman–Crippen MR) is 96.5 cm³/mol. The van der Waals surface area contributed by atoms with Crippen molar-refractivity contribution in [2.24, 2.45) is 11.7 Å². The largest absolute Gasteiger partial charge is 0.368 e. The lowest BCUT2D eigenvalue weighted by Crippen LogP contribution is -2.46. The number of hydrogen-bond donors (Lipinski definition) is 2. The molecule has 0 spiro atoms. The smallest absolute Gasteiger partial charge is 0.240 e. The van der Waals surface area contributed by atoms with Crippen molar-refractivity contribution in [3.8, 4) is 0 Å². The molecule has 0 unspecified atom stereocenters. The number of nitrogens with one attached hydrogen (secondary N) is 1. The van der Waals surface area contributed by atoms with Crippen LogP contribution in [0.1, 0.15) is 64.0 Å². The quantitative estimate of drug-likeness (QED) is 0.841. The lowest BCUT2D eigenvalue weighted by molar-refractivity contribution is -0.127. The number of primary amides is 1. The molecule has 0 heterocycles. The highest BCUT2D eigenvalue weighted by molar-refractivity contribution is 5.86. The molecular formula is C20H30N2O2. The van der Waals surface area contributed by atoms with E-state index >= 15 is 0 Å². The molecule has 0 aromatic heterocycles. The molecule has 1 aliphatic carbocycles. The van der Waals surface area contributed by atoms with E-state index in [0.29, 0.717) is 18.8 Å². The van der Waals surface area contributed by atoms with Crippen LogP contribution in [-0.2, 0) is 21.4 Å². The van der Waals surface area contributed by atoms with Gasteiger partial charge >= 0.3 is 0 Å². The second-order valence-electron chi connectivity index (χ2n) is 8.03. The molecule has 0 aliphatic heterocycles. The van der Waals surface area contributed by atoms with Gasteiger partial charge in [0.05, 0.1) is 0 Å². The van der Waals surface area contributed by atoms with Gasteiger partial charge in [-0.05, 0) is 35.3 Å². The van der Waals surface area contributed by atoms with E-state index in [2.05, 4.69) is 38.2 Å². The second-order valence-corrected chi connectivity index (χ2v) is 8.03. The standard InChI is InChI=1S/C20H30N2O2/c1-20(2,3)16-10-8-15(9-11-16)12-17(19(21)24)22-18(23)13-14-6-4-5-7-14/h8-11,14,17H,4-7,12-13H2,1-3H3,(H2,21,24)(H,22,23)/t17-/m0/s1. The van der Waals surface area contributed by atoms with Gasteiger partial charge in [0.25, 0.3) is 0 Å². The van der Waals surface area contributed by atoms with Gasteiger partial charge in [-0.3, -0.25) is 9.59 Å². The van der Waals surface area contributed by atoms with Gasteiger partial charge in [0.15, 0.2) is 0 Å². The Morgan fingerprint density at radius 1 is 1.17 bits per heavy atom. The molecule has 4 heteroatoms. The topological polar surface area (TPSA) is 72.2 Å². The fourth-order valence-electron chi connectivity index (χ4n) is 3.33. The first-order valence-electron chi connectivity index (χ1n) is 8.94. The predicted octanol–water partition coefficient (Wildman–Crippen LogP) is 3.08. The van der Waals surface area contributed by atoms with Gasteiger partial charge in [-0.2, -0.15) is 0 Å². The second kappa shape index (κ2) is 7.82. The van der Waals surface area contributed by atoms with Crippen LogP contribution in [-0.4, -0.2) is 17.9 Å². The molecular weight excluding hydrogens is 300 g/mol. The Morgan fingerprint density at radius 3 is 2.25 bits per heavy atom. The summed E-state index contributed by atoms with van der Waals surface area (Å²) >= 11 is 0. The molecule has 1 aliphatic rings. The van der Waals surface area contributed by atoms with Crippen molar-refractivity contribution in [1.29, 1.82) is 0 Å². The first kappa shape index (κ1) is 18.5. The number of benzene rings is 1. The zero-order chi connectivity index (χ0) is 17.7. The van der Waals surface area contributed by atoms with E-state index < -0.39 is 11.9 Å². The normalized spacial score (nSPS) is 16.8. The van der Waals surface area contributed by atoms with Gasteiger partial charge in [-0.15, -0.1) is 0 Å². The van der Waals surface area contributed by atoms with Crippen LogP contribution in [0.25, 0.3) is 0 Å². The Balaban J connectivity index is 1.95. The van der Waals surface area contributed by atoms with Crippen LogP contribution < -0.4 is 11.1 Å². The van der Waals surface area contributed by atoms with Gasteiger partial charge in [-0.25, -0.2) is 0 Å². The van der Waals surface area contributed by atoms with Crippen molar-refractivity contribution in [1.82, 2.24) is 5.32 Å². The highest BCUT2D eigenvalue weighted by Crippen LogP contribution is 2.27. The highest BCUT2D eigenvalue weighted by atomic mass is 16.2. The van der Waals surface area contributed by atoms with Crippen LogP contribution in [0, 0.1) is 5.92 Å². The molecule has 1 atom stereocenters. The lowest BCUT2D eigenvalue weighted by Gasteiger charge is -2.20. The summed E-state index contributed by atoms with van der Waals surface area (Å²) in [5.74, 6) is -0.0729. The van der Waals surface area contributed by atoms with Crippen LogP contribution in [0.2, 0.25) is 0 Å². The summed E-state index contributed by atoms with van der Waals surface area (Å²) in [6, 6.07) is 7.54. The maximum Gasteiger partial charge on any atom is 0.240 e. The number of carbonyl (C=O) groups is 2. The molecule has 3 N–H and O–H groups in total. The Kier molecular flexibility index (Phi) is 6.03. The van der Waals surface area contributed by atoms with Crippen molar-refractivity contribution in [2.75, 3.05) is 0 Å². The molecule has 1 saturated carbocycles. The monoisotopic (exact) mass is 330 g/mol. The molecule has 0 bridgehead atoms. The Bertz CT molecular complexity index is 566. The number of amides is 2. The van der Waals surface area contributed by atoms with Gasteiger partial charge in [0.1, 0.15) is 6.04 Å². The molecule has 2 rings (SSSR count). The van der Waals surface area contributed by atoms with Gasteiger partial charge in [0.2, 0.25) is 11.8 Å². The molecule has 1 fully saturated rings. The van der Waals surface area contributed by atoms with E-state index in [1.54, 1.807) is 0 Å². The minimum atomic E-state index is -0.639. The number of rotatable bonds is 6. The number of hydrogen-bond acceptors (Lipinski definition) is 2. The van der Waals surface area contributed by atoms with Crippen molar-refractivity contribution in [3.63, 3.8) is 0 Å². The van der Waals surface area contributed by atoms with Crippen LogP contribution in [0.4, 0.5) is 0 Å². The summed E-state index contributed by atoms with van der Waals surface area (Å²) in [7, 11) is 0. The van der Waals surface area contributed by atoms with Crippen LogP contribution >= 0.6 is 0 Å². The zero-order valence-corrected chi connectivity index (χ0v) is 15.1. The average molecular weight is 330 g/mol. The maximum absolute atomic E-state index is 12.2. The lowest BCUT2D eigenvalue weighted by atomic mass is 9.86. The molecule has 4 nitrogen and oxygen atoms in total. The van der Waals surface area contributed by atoms with Crippen LogP contribution in [0.15, 0.2) is 24.3 Å². The number of nitrogens with two attached hydrogens (primary N) is 1. The van der Waals surface area contributed by atoms with Crippen molar-refractivity contribution >= 4 is 11.8 Å². The summed E-state index contributed by atoms with van der Waals surface area (Å²) in [5, 5.41) is 2.82. The van der Waals surface area contributed by atoms with E-state index in [1.807, 2.05) is 12.1 Å². The van der Waals surface area contributed by atoms with E-state index in [1.165, 1.54) is 18.4 Å².